The summed E-state index contributed by atoms with van der Waals surface area (Å²) in [5.41, 5.74) is -0.259. The number of hydrogen-bond acceptors (Lipinski definition) is 6. The molecule has 156 valence electrons. The van der Waals surface area contributed by atoms with Crippen molar-refractivity contribution >= 4 is 23.8 Å². The van der Waals surface area contributed by atoms with E-state index in [4.69, 9.17) is 14.2 Å². The second kappa shape index (κ2) is 9.43. The van der Waals surface area contributed by atoms with Gasteiger partial charge >= 0.3 is 18.2 Å². The van der Waals surface area contributed by atoms with Gasteiger partial charge in [-0.25, -0.2) is 9.59 Å². The number of anilines is 1. The molecule has 0 radical (unpaired) electrons. The minimum absolute atomic E-state index is 0.0164. The van der Waals surface area contributed by atoms with Crippen LogP contribution in [-0.2, 0) is 19.0 Å². The van der Waals surface area contributed by atoms with E-state index in [1.165, 1.54) is 7.11 Å². The third-order valence-corrected chi connectivity index (χ3v) is 3.27. The van der Waals surface area contributed by atoms with Crippen molar-refractivity contribution in [1.29, 1.82) is 0 Å². The first-order valence-electron chi connectivity index (χ1n) is 8.95. The molecule has 8 nitrogen and oxygen atoms in total. The zero-order valence-corrected chi connectivity index (χ0v) is 17.5. The summed E-state index contributed by atoms with van der Waals surface area (Å²) in [6.45, 7) is 10.5. The van der Waals surface area contributed by atoms with Gasteiger partial charge in [-0.1, -0.05) is 12.1 Å². The SMILES string of the molecule is COC(=O)C(CNC(=O)OC(C)(C)C)c1cccc(NC(=O)OC(C)(C)C)c1. The molecule has 2 amide bonds. The van der Waals surface area contributed by atoms with Crippen molar-refractivity contribution in [3.8, 4) is 0 Å². The van der Waals surface area contributed by atoms with Crippen LogP contribution in [0.5, 0.6) is 0 Å². The number of nitrogens with one attached hydrogen (secondary N) is 2. The monoisotopic (exact) mass is 394 g/mol. The van der Waals surface area contributed by atoms with Crippen LogP contribution >= 0.6 is 0 Å². The Morgan fingerprint density at radius 3 is 2.07 bits per heavy atom. The van der Waals surface area contributed by atoms with E-state index in [0.717, 1.165) is 0 Å². The van der Waals surface area contributed by atoms with Crippen molar-refractivity contribution in [1.82, 2.24) is 5.32 Å². The zero-order chi connectivity index (χ0) is 21.5. The van der Waals surface area contributed by atoms with Crippen molar-refractivity contribution in [3.05, 3.63) is 29.8 Å². The van der Waals surface area contributed by atoms with Gasteiger partial charge in [0.2, 0.25) is 0 Å². The molecule has 28 heavy (non-hydrogen) atoms. The van der Waals surface area contributed by atoms with Crippen molar-refractivity contribution in [3.63, 3.8) is 0 Å². The summed E-state index contributed by atoms with van der Waals surface area (Å²) >= 11 is 0. The third kappa shape index (κ3) is 8.75. The highest BCUT2D eigenvalue weighted by atomic mass is 16.6. The number of alkyl carbamates (subject to hydrolysis) is 1. The van der Waals surface area contributed by atoms with Crippen LogP contribution in [-0.4, -0.2) is 43.0 Å². The first kappa shape index (κ1) is 23.3. The molecule has 1 aromatic rings. The number of esters is 1. The smallest absolute Gasteiger partial charge is 0.412 e. The number of rotatable bonds is 5. The summed E-state index contributed by atoms with van der Waals surface area (Å²) in [4.78, 5) is 36.0. The Balaban J connectivity index is 2.90. The Morgan fingerprint density at radius 1 is 0.964 bits per heavy atom. The molecule has 1 rings (SSSR count). The highest BCUT2D eigenvalue weighted by Gasteiger charge is 2.25. The minimum Gasteiger partial charge on any atom is -0.468 e. The number of ether oxygens (including phenoxy) is 3. The molecular weight excluding hydrogens is 364 g/mol. The molecule has 0 bridgehead atoms. The van der Waals surface area contributed by atoms with E-state index < -0.39 is 35.3 Å². The second-order valence-corrected chi connectivity index (χ2v) is 8.21. The number of amides is 2. The average Bonchev–Trinajstić information content (AvgIpc) is 2.51. The average molecular weight is 394 g/mol. The van der Waals surface area contributed by atoms with Crippen LogP contribution in [0, 0.1) is 0 Å². The topological polar surface area (TPSA) is 103 Å². The van der Waals surface area contributed by atoms with E-state index in [1.54, 1.807) is 65.8 Å². The predicted octanol–water partition coefficient (Wildman–Crippen LogP) is 3.81. The number of carbonyl (C=O) groups excluding carboxylic acids is 3. The van der Waals surface area contributed by atoms with Gasteiger partial charge in [0.25, 0.3) is 0 Å². The fourth-order valence-electron chi connectivity index (χ4n) is 2.23. The number of benzene rings is 1. The molecule has 8 heteroatoms. The molecule has 0 aromatic heterocycles. The lowest BCUT2D eigenvalue weighted by Gasteiger charge is -2.22. The minimum atomic E-state index is -0.766. The molecule has 1 aromatic carbocycles. The maximum Gasteiger partial charge on any atom is 0.412 e. The van der Waals surface area contributed by atoms with Crippen LogP contribution in [0.2, 0.25) is 0 Å². The number of carbonyl (C=O) groups is 3. The van der Waals surface area contributed by atoms with Crippen LogP contribution in [0.25, 0.3) is 0 Å². The van der Waals surface area contributed by atoms with Gasteiger partial charge in [0.1, 0.15) is 11.2 Å². The Labute approximate surface area is 165 Å². The van der Waals surface area contributed by atoms with Gasteiger partial charge in [0, 0.05) is 12.2 Å². The van der Waals surface area contributed by atoms with Gasteiger partial charge in [-0.3, -0.25) is 10.1 Å². The summed E-state index contributed by atoms with van der Waals surface area (Å²) < 4.78 is 15.2. The summed E-state index contributed by atoms with van der Waals surface area (Å²) in [7, 11) is 1.27. The third-order valence-electron chi connectivity index (χ3n) is 3.27. The largest absolute Gasteiger partial charge is 0.468 e. The Bertz CT molecular complexity index is 703. The summed E-state index contributed by atoms with van der Waals surface area (Å²) in [5, 5.41) is 5.19. The van der Waals surface area contributed by atoms with Crippen molar-refractivity contribution in [2.24, 2.45) is 0 Å². The van der Waals surface area contributed by atoms with Crippen molar-refractivity contribution < 1.29 is 28.6 Å². The molecule has 0 fully saturated rings. The molecule has 0 saturated carbocycles. The summed E-state index contributed by atoms with van der Waals surface area (Å²) in [5.74, 6) is -1.29. The molecule has 1 atom stereocenters. The normalized spacial score (nSPS) is 12.5. The maximum atomic E-state index is 12.2. The molecule has 1 unspecified atom stereocenters. The van der Waals surface area contributed by atoms with Gasteiger partial charge in [-0.2, -0.15) is 0 Å². The molecule has 0 aliphatic carbocycles. The van der Waals surface area contributed by atoms with E-state index in [2.05, 4.69) is 10.6 Å². The van der Waals surface area contributed by atoms with Gasteiger partial charge in [0.05, 0.1) is 13.0 Å². The summed E-state index contributed by atoms with van der Waals surface area (Å²) in [6.07, 6.45) is -1.24. The van der Waals surface area contributed by atoms with E-state index in [0.29, 0.717) is 11.3 Å². The van der Waals surface area contributed by atoms with Gasteiger partial charge in [0.15, 0.2) is 0 Å². The lowest BCUT2D eigenvalue weighted by atomic mass is 9.98. The van der Waals surface area contributed by atoms with Gasteiger partial charge in [-0.15, -0.1) is 0 Å². The molecule has 0 spiro atoms. The number of methoxy groups -OCH3 is 1. The Hall–Kier alpha value is -2.77. The van der Waals surface area contributed by atoms with Gasteiger partial charge in [-0.05, 0) is 59.2 Å². The standard InChI is InChI=1S/C20H30N2O6/c1-19(2,3)27-17(24)21-12-15(16(23)26-7)13-9-8-10-14(11-13)22-18(25)28-20(4,5)6/h8-11,15H,12H2,1-7H3,(H,21,24)(H,22,25). The fourth-order valence-corrected chi connectivity index (χ4v) is 2.23. The lowest BCUT2D eigenvalue weighted by Crippen LogP contribution is -2.36. The molecule has 0 aliphatic rings. The molecule has 0 heterocycles. The second-order valence-electron chi connectivity index (χ2n) is 8.21. The maximum absolute atomic E-state index is 12.2. The zero-order valence-electron chi connectivity index (χ0n) is 17.5. The Kier molecular flexibility index (Phi) is 7.84. The first-order valence-corrected chi connectivity index (χ1v) is 8.95. The quantitative estimate of drug-likeness (QED) is 0.581. The van der Waals surface area contributed by atoms with E-state index in [9.17, 15) is 14.4 Å². The Morgan fingerprint density at radius 2 is 1.54 bits per heavy atom. The van der Waals surface area contributed by atoms with E-state index in [1.807, 2.05) is 0 Å². The molecular formula is C20H30N2O6. The van der Waals surface area contributed by atoms with Crippen molar-refractivity contribution in [2.75, 3.05) is 19.0 Å². The molecule has 0 saturated heterocycles. The predicted molar refractivity (Wildman–Crippen MR) is 105 cm³/mol. The van der Waals surface area contributed by atoms with Crippen LogP contribution in [0.1, 0.15) is 53.0 Å². The first-order chi connectivity index (χ1) is 12.8. The van der Waals surface area contributed by atoms with E-state index >= 15 is 0 Å². The van der Waals surface area contributed by atoms with E-state index in [-0.39, 0.29) is 6.54 Å². The van der Waals surface area contributed by atoms with Gasteiger partial charge < -0.3 is 19.5 Å². The van der Waals surface area contributed by atoms with Crippen LogP contribution in [0.4, 0.5) is 15.3 Å². The molecule has 0 aliphatic heterocycles. The lowest BCUT2D eigenvalue weighted by molar-refractivity contribution is -0.142. The highest BCUT2D eigenvalue weighted by molar-refractivity contribution is 5.86. The number of hydrogen-bond donors (Lipinski definition) is 2. The van der Waals surface area contributed by atoms with Crippen molar-refractivity contribution in [2.45, 2.75) is 58.7 Å². The molecule has 2 N–H and O–H groups in total. The highest BCUT2D eigenvalue weighted by Crippen LogP contribution is 2.21. The van der Waals surface area contributed by atoms with Crippen LogP contribution in [0.15, 0.2) is 24.3 Å². The fraction of sp³-hybridized carbons (Fsp3) is 0.550. The van der Waals surface area contributed by atoms with Crippen LogP contribution < -0.4 is 10.6 Å². The van der Waals surface area contributed by atoms with Crippen LogP contribution in [0.3, 0.4) is 0 Å². The summed E-state index contributed by atoms with van der Waals surface area (Å²) in [6, 6.07) is 6.69.